The Kier molecular flexibility index (Phi) is 11.8. The van der Waals surface area contributed by atoms with E-state index < -0.39 is 29.4 Å². The van der Waals surface area contributed by atoms with Crippen molar-refractivity contribution in [3.8, 4) is 0 Å². The smallest absolute Gasteiger partial charge is 0.330 e. The number of anilines is 1. The molecule has 10 heteroatoms. The number of amides is 3. The van der Waals surface area contributed by atoms with Gasteiger partial charge in [-0.05, 0) is 43.7 Å². The number of carbonyl (C=O) groups is 4. The van der Waals surface area contributed by atoms with E-state index in [0.29, 0.717) is 13.0 Å². The molecule has 0 saturated heterocycles. The zero-order chi connectivity index (χ0) is 25.7. The molecule has 0 aliphatic heterocycles. The third-order valence-electron chi connectivity index (χ3n) is 4.65. The molecule has 3 N–H and O–H groups in total. The van der Waals surface area contributed by atoms with Crippen LogP contribution in [0.3, 0.4) is 0 Å². The highest BCUT2D eigenvalue weighted by atomic mass is 16.5. The molecule has 0 aliphatic carbocycles. The van der Waals surface area contributed by atoms with Crippen molar-refractivity contribution < 1.29 is 23.9 Å². The lowest BCUT2D eigenvalue weighted by Gasteiger charge is -2.18. The maximum atomic E-state index is 12.7. The van der Waals surface area contributed by atoms with Crippen LogP contribution in [0.2, 0.25) is 0 Å². The van der Waals surface area contributed by atoms with Crippen LogP contribution in [0.4, 0.5) is 5.69 Å². The van der Waals surface area contributed by atoms with Crippen LogP contribution in [0.25, 0.3) is 0 Å². The molecule has 1 heterocycles. The van der Waals surface area contributed by atoms with Crippen molar-refractivity contribution in [1.82, 2.24) is 15.2 Å². The van der Waals surface area contributed by atoms with Gasteiger partial charge < -0.3 is 25.3 Å². The number of nitrogens with zero attached hydrogens (tertiary/aromatic N) is 1. The Morgan fingerprint density at radius 2 is 1.91 bits per heavy atom. The van der Waals surface area contributed by atoms with E-state index in [2.05, 4.69) is 36.7 Å². The Bertz CT molecular complexity index is 946. The molecular formula is C24H36N4O6. The van der Waals surface area contributed by atoms with E-state index in [1.54, 1.807) is 19.1 Å². The molecule has 0 aliphatic rings. The second-order valence-corrected chi connectivity index (χ2v) is 8.99. The van der Waals surface area contributed by atoms with Crippen molar-refractivity contribution in [3.05, 3.63) is 40.8 Å². The summed E-state index contributed by atoms with van der Waals surface area (Å²) in [5, 5.41) is 7.86. The van der Waals surface area contributed by atoms with Crippen LogP contribution in [0.5, 0.6) is 0 Å². The highest BCUT2D eigenvalue weighted by Gasteiger charge is 2.20. The number of esters is 1. The highest BCUT2D eigenvalue weighted by molar-refractivity contribution is 5.96. The van der Waals surface area contributed by atoms with Gasteiger partial charge in [-0.25, -0.2) is 4.79 Å². The topological polar surface area (TPSA) is 136 Å². The maximum absolute atomic E-state index is 12.7. The molecule has 0 radical (unpaired) electrons. The largest absolute Gasteiger partial charge is 0.463 e. The van der Waals surface area contributed by atoms with Crippen LogP contribution < -0.4 is 21.5 Å². The number of hydrogen-bond acceptors (Lipinski definition) is 6. The monoisotopic (exact) mass is 476 g/mol. The number of hydrogen-bond donors (Lipinski definition) is 3. The van der Waals surface area contributed by atoms with Crippen LogP contribution in [-0.2, 0) is 30.5 Å². The summed E-state index contributed by atoms with van der Waals surface area (Å²) in [6.07, 6.45) is 5.60. The van der Waals surface area contributed by atoms with Crippen LogP contribution >= 0.6 is 0 Å². The average molecular weight is 477 g/mol. The van der Waals surface area contributed by atoms with Gasteiger partial charge in [-0.15, -0.1) is 0 Å². The fourth-order valence-electron chi connectivity index (χ4n) is 2.91. The lowest BCUT2D eigenvalue weighted by atomic mass is 9.92. The SMILES string of the molecule is CCOC(=O)/C=C/CCC(NC(C)=O)C(=O)Nc1cccn(CC(=O)NCCC(C)(C)C)c1=O. The third kappa shape index (κ3) is 11.4. The van der Waals surface area contributed by atoms with Crippen molar-refractivity contribution in [2.24, 2.45) is 5.41 Å². The fourth-order valence-corrected chi connectivity index (χ4v) is 2.91. The van der Waals surface area contributed by atoms with E-state index in [9.17, 15) is 24.0 Å². The first kappa shape index (κ1) is 28.6. The van der Waals surface area contributed by atoms with Crippen molar-refractivity contribution >= 4 is 29.4 Å². The minimum atomic E-state index is -0.918. The van der Waals surface area contributed by atoms with Crippen LogP contribution in [0, 0.1) is 5.41 Å². The maximum Gasteiger partial charge on any atom is 0.330 e. The quantitative estimate of drug-likeness (QED) is 0.311. The highest BCUT2D eigenvalue weighted by Crippen LogP contribution is 2.16. The Labute approximate surface area is 200 Å². The first-order valence-corrected chi connectivity index (χ1v) is 11.3. The molecule has 0 fully saturated rings. The van der Waals surface area contributed by atoms with Gasteiger partial charge in [0.05, 0.1) is 6.61 Å². The van der Waals surface area contributed by atoms with E-state index >= 15 is 0 Å². The minimum Gasteiger partial charge on any atom is -0.463 e. The predicted molar refractivity (Wildman–Crippen MR) is 129 cm³/mol. The van der Waals surface area contributed by atoms with Crippen LogP contribution in [-0.4, -0.2) is 47.5 Å². The zero-order valence-electron chi connectivity index (χ0n) is 20.6. The minimum absolute atomic E-state index is 0.00703. The van der Waals surface area contributed by atoms with Crippen molar-refractivity contribution in [2.75, 3.05) is 18.5 Å². The number of rotatable bonds is 12. The Balaban J connectivity index is 2.79. The van der Waals surface area contributed by atoms with Gasteiger partial charge in [0.1, 0.15) is 18.3 Å². The molecule has 1 aromatic heterocycles. The Morgan fingerprint density at radius 3 is 2.53 bits per heavy atom. The van der Waals surface area contributed by atoms with E-state index in [0.717, 1.165) is 6.42 Å². The van der Waals surface area contributed by atoms with Gasteiger partial charge in [-0.1, -0.05) is 26.8 Å². The molecule has 1 aromatic rings. The molecule has 10 nitrogen and oxygen atoms in total. The summed E-state index contributed by atoms with van der Waals surface area (Å²) in [5.74, 6) is -1.79. The standard InChI is InChI=1S/C24H36N4O6/c1-6-34-21(31)12-8-7-10-18(26-17(2)29)22(32)27-19-11-9-15-28(23(19)33)16-20(30)25-14-13-24(3,4)5/h8-9,11-12,15,18H,6-7,10,13-14,16H2,1-5H3,(H,25,30)(H,26,29)(H,27,32)/b12-8+. The second-order valence-electron chi connectivity index (χ2n) is 8.99. The molecule has 34 heavy (non-hydrogen) atoms. The number of nitrogens with one attached hydrogen (secondary N) is 3. The number of aromatic nitrogens is 1. The Morgan fingerprint density at radius 1 is 1.21 bits per heavy atom. The van der Waals surface area contributed by atoms with Gasteiger partial charge in [0.15, 0.2) is 0 Å². The van der Waals surface area contributed by atoms with E-state index in [-0.39, 0.29) is 36.6 Å². The van der Waals surface area contributed by atoms with Gasteiger partial charge in [0.2, 0.25) is 17.7 Å². The second kappa shape index (κ2) is 14.0. The molecule has 1 rings (SSSR count). The molecule has 188 valence electrons. The fraction of sp³-hybridized carbons (Fsp3) is 0.542. The summed E-state index contributed by atoms with van der Waals surface area (Å²) < 4.78 is 5.99. The van der Waals surface area contributed by atoms with Crippen molar-refractivity contribution in [3.63, 3.8) is 0 Å². The molecule has 0 aromatic carbocycles. The van der Waals surface area contributed by atoms with E-state index in [1.807, 2.05) is 0 Å². The Hall–Kier alpha value is -3.43. The predicted octanol–water partition coefficient (Wildman–Crippen LogP) is 1.74. The molecular weight excluding hydrogens is 440 g/mol. The molecule has 1 unspecified atom stereocenters. The van der Waals surface area contributed by atoms with E-state index in [4.69, 9.17) is 4.74 Å². The van der Waals surface area contributed by atoms with Gasteiger partial charge in [-0.2, -0.15) is 0 Å². The van der Waals surface area contributed by atoms with Gasteiger partial charge >= 0.3 is 5.97 Å². The molecule has 0 spiro atoms. The lowest BCUT2D eigenvalue weighted by Crippen LogP contribution is -2.44. The van der Waals surface area contributed by atoms with Crippen molar-refractivity contribution in [1.29, 1.82) is 0 Å². The molecule has 0 bridgehead atoms. The molecule has 3 amide bonds. The number of pyridine rings is 1. The zero-order valence-corrected chi connectivity index (χ0v) is 20.6. The number of allylic oxidation sites excluding steroid dienone is 1. The summed E-state index contributed by atoms with van der Waals surface area (Å²) in [6.45, 7) is 9.76. The first-order chi connectivity index (χ1) is 15.9. The van der Waals surface area contributed by atoms with Gasteiger partial charge in [-0.3, -0.25) is 19.2 Å². The summed E-state index contributed by atoms with van der Waals surface area (Å²) in [4.78, 5) is 60.6. The summed E-state index contributed by atoms with van der Waals surface area (Å²) in [6, 6.07) is 2.06. The average Bonchev–Trinajstić information content (AvgIpc) is 2.72. The molecule has 1 atom stereocenters. The van der Waals surface area contributed by atoms with Gasteiger partial charge in [0.25, 0.3) is 5.56 Å². The van der Waals surface area contributed by atoms with Crippen molar-refractivity contribution in [2.45, 2.75) is 66.5 Å². The number of ether oxygens (including phenoxy) is 1. The van der Waals surface area contributed by atoms with Gasteiger partial charge in [0, 0.05) is 25.7 Å². The normalized spacial score (nSPS) is 12.1. The van der Waals surface area contributed by atoms with Crippen LogP contribution in [0.15, 0.2) is 35.3 Å². The lowest BCUT2D eigenvalue weighted by molar-refractivity contribution is -0.137. The number of carbonyl (C=O) groups excluding carboxylic acids is 4. The first-order valence-electron chi connectivity index (χ1n) is 11.3. The van der Waals surface area contributed by atoms with Crippen LogP contribution in [0.1, 0.15) is 53.9 Å². The van der Waals surface area contributed by atoms with E-state index in [1.165, 1.54) is 29.8 Å². The summed E-state index contributed by atoms with van der Waals surface area (Å²) >= 11 is 0. The summed E-state index contributed by atoms with van der Waals surface area (Å²) in [5.41, 5.74) is -0.467. The third-order valence-corrected chi connectivity index (χ3v) is 4.65. The summed E-state index contributed by atoms with van der Waals surface area (Å²) in [7, 11) is 0. The molecule has 0 saturated carbocycles.